The van der Waals surface area contributed by atoms with Gasteiger partial charge in [0.05, 0.1) is 4.88 Å². The zero-order valence-corrected chi connectivity index (χ0v) is 15.3. The number of ether oxygens (including phenoxy) is 3. The molecule has 0 atom stereocenters. The van der Waals surface area contributed by atoms with Crippen molar-refractivity contribution in [2.24, 2.45) is 0 Å². The average molecular weight is 385 g/mol. The van der Waals surface area contributed by atoms with E-state index in [2.05, 4.69) is 5.32 Å². The van der Waals surface area contributed by atoms with E-state index in [4.69, 9.17) is 14.2 Å². The van der Waals surface area contributed by atoms with Gasteiger partial charge in [-0.15, -0.1) is 11.3 Å². The first-order valence-corrected chi connectivity index (χ1v) is 9.14. The Morgan fingerprint density at radius 1 is 1.19 bits per heavy atom. The lowest BCUT2D eigenvalue weighted by Gasteiger charge is -2.07. The maximum atomic E-state index is 13.2. The van der Waals surface area contributed by atoms with Crippen molar-refractivity contribution < 1.29 is 23.4 Å². The van der Waals surface area contributed by atoms with Crippen LogP contribution in [0.3, 0.4) is 0 Å². The Hall–Kier alpha value is -3.06. The first kappa shape index (κ1) is 17.4. The number of halogens is 1. The molecule has 0 fully saturated rings. The molecule has 27 heavy (non-hydrogen) atoms. The van der Waals surface area contributed by atoms with Crippen LogP contribution in [0.1, 0.15) is 20.8 Å². The van der Waals surface area contributed by atoms with Gasteiger partial charge in [-0.2, -0.15) is 0 Å². The molecule has 3 aromatic rings. The van der Waals surface area contributed by atoms with Gasteiger partial charge in [-0.05, 0) is 54.3 Å². The zero-order chi connectivity index (χ0) is 18.8. The van der Waals surface area contributed by atoms with Crippen molar-refractivity contribution in [3.63, 3.8) is 0 Å². The smallest absolute Gasteiger partial charge is 0.265 e. The van der Waals surface area contributed by atoms with E-state index in [-0.39, 0.29) is 18.5 Å². The number of benzene rings is 2. The van der Waals surface area contributed by atoms with Crippen LogP contribution in [0, 0.1) is 12.7 Å². The standard InChI is InChI=1S/C20H16FNO4S/c1-12-6-14(21)2-4-16(12)22-20(23)19-7-13(10-27-19)9-24-15-3-5-17-18(8-15)26-11-25-17/h2-8,10H,9,11H2,1H3,(H,22,23). The molecule has 1 N–H and O–H groups in total. The number of fused-ring (bicyclic) bond motifs is 1. The molecule has 2 aromatic carbocycles. The van der Waals surface area contributed by atoms with Crippen molar-refractivity contribution in [2.75, 3.05) is 12.1 Å². The van der Waals surface area contributed by atoms with Crippen molar-refractivity contribution in [1.82, 2.24) is 0 Å². The molecule has 0 radical (unpaired) electrons. The van der Waals surface area contributed by atoms with Gasteiger partial charge in [0.15, 0.2) is 11.5 Å². The van der Waals surface area contributed by atoms with Crippen molar-refractivity contribution in [2.45, 2.75) is 13.5 Å². The summed E-state index contributed by atoms with van der Waals surface area (Å²) in [6.07, 6.45) is 0. The average Bonchev–Trinajstić information content (AvgIpc) is 3.31. The van der Waals surface area contributed by atoms with Gasteiger partial charge in [-0.3, -0.25) is 4.79 Å². The summed E-state index contributed by atoms with van der Waals surface area (Å²) in [6, 6.07) is 11.4. The van der Waals surface area contributed by atoms with E-state index >= 15 is 0 Å². The molecule has 5 nitrogen and oxygen atoms in total. The highest BCUT2D eigenvalue weighted by atomic mass is 32.1. The van der Waals surface area contributed by atoms with Gasteiger partial charge >= 0.3 is 0 Å². The molecule has 138 valence electrons. The van der Waals surface area contributed by atoms with E-state index in [1.807, 2.05) is 11.4 Å². The molecule has 7 heteroatoms. The summed E-state index contributed by atoms with van der Waals surface area (Å²) in [4.78, 5) is 13.0. The van der Waals surface area contributed by atoms with Crippen molar-refractivity contribution in [3.8, 4) is 17.2 Å². The highest BCUT2D eigenvalue weighted by Gasteiger charge is 2.15. The summed E-state index contributed by atoms with van der Waals surface area (Å²) in [5.41, 5.74) is 2.15. The van der Waals surface area contributed by atoms with Gasteiger partial charge in [-0.25, -0.2) is 4.39 Å². The minimum absolute atomic E-state index is 0.218. The normalized spacial score (nSPS) is 12.1. The molecule has 2 heterocycles. The van der Waals surface area contributed by atoms with Crippen LogP contribution in [-0.4, -0.2) is 12.7 Å². The Morgan fingerprint density at radius 2 is 2.04 bits per heavy atom. The highest BCUT2D eigenvalue weighted by Crippen LogP contribution is 2.35. The fraction of sp³-hybridized carbons (Fsp3) is 0.150. The second-order valence-corrected chi connectivity index (χ2v) is 6.95. The number of thiophene rings is 1. The molecule has 1 aliphatic rings. The molecule has 0 saturated heterocycles. The van der Waals surface area contributed by atoms with Gasteiger partial charge in [0.25, 0.3) is 5.91 Å². The number of nitrogens with one attached hydrogen (secondary N) is 1. The second kappa shape index (κ2) is 7.28. The molecule has 0 saturated carbocycles. The number of anilines is 1. The molecular formula is C20H16FNO4S. The molecule has 0 unspecified atom stereocenters. The summed E-state index contributed by atoms with van der Waals surface area (Å²) < 4.78 is 29.5. The SMILES string of the molecule is Cc1cc(F)ccc1NC(=O)c1cc(COc2ccc3c(c2)OCO3)cs1. The third kappa shape index (κ3) is 3.88. The predicted octanol–water partition coefficient (Wildman–Crippen LogP) is 4.76. The van der Waals surface area contributed by atoms with Crippen LogP contribution in [0.2, 0.25) is 0 Å². The molecule has 4 rings (SSSR count). The molecule has 0 spiro atoms. The lowest BCUT2D eigenvalue weighted by atomic mass is 10.2. The fourth-order valence-electron chi connectivity index (χ4n) is 2.65. The molecule has 0 aliphatic carbocycles. The quantitative estimate of drug-likeness (QED) is 0.688. The minimum Gasteiger partial charge on any atom is -0.489 e. The van der Waals surface area contributed by atoms with E-state index in [1.165, 1.54) is 23.5 Å². The van der Waals surface area contributed by atoms with E-state index in [0.717, 1.165) is 5.56 Å². The van der Waals surface area contributed by atoms with Gasteiger partial charge < -0.3 is 19.5 Å². The van der Waals surface area contributed by atoms with Crippen molar-refractivity contribution in [1.29, 1.82) is 0 Å². The van der Waals surface area contributed by atoms with E-state index in [1.54, 1.807) is 31.2 Å². The third-order valence-corrected chi connectivity index (χ3v) is 5.04. The van der Waals surface area contributed by atoms with Gasteiger partial charge in [-0.1, -0.05) is 0 Å². The number of rotatable bonds is 5. The zero-order valence-electron chi connectivity index (χ0n) is 14.5. The summed E-state index contributed by atoms with van der Waals surface area (Å²) in [6.45, 7) is 2.30. The Bertz CT molecular complexity index is 1000. The largest absolute Gasteiger partial charge is 0.489 e. The molecule has 0 bridgehead atoms. The molecular weight excluding hydrogens is 369 g/mol. The summed E-state index contributed by atoms with van der Waals surface area (Å²) >= 11 is 1.33. The lowest BCUT2D eigenvalue weighted by molar-refractivity contribution is 0.103. The monoisotopic (exact) mass is 385 g/mol. The first-order valence-electron chi connectivity index (χ1n) is 8.26. The Kier molecular flexibility index (Phi) is 4.68. The van der Waals surface area contributed by atoms with Crippen LogP contribution in [0.4, 0.5) is 10.1 Å². The van der Waals surface area contributed by atoms with Crippen molar-refractivity contribution >= 4 is 22.9 Å². The van der Waals surface area contributed by atoms with E-state index in [9.17, 15) is 9.18 Å². The Morgan fingerprint density at radius 3 is 2.89 bits per heavy atom. The highest BCUT2D eigenvalue weighted by molar-refractivity contribution is 7.12. The maximum Gasteiger partial charge on any atom is 0.265 e. The summed E-state index contributed by atoms with van der Waals surface area (Å²) in [7, 11) is 0. The minimum atomic E-state index is -0.329. The third-order valence-electron chi connectivity index (χ3n) is 4.06. The molecule has 1 aliphatic heterocycles. The second-order valence-electron chi connectivity index (χ2n) is 6.04. The van der Waals surface area contributed by atoms with Crippen LogP contribution in [0.5, 0.6) is 17.2 Å². The molecule has 1 amide bonds. The summed E-state index contributed by atoms with van der Waals surface area (Å²) in [5.74, 6) is 1.47. The summed E-state index contributed by atoms with van der Waals surface area (Å²) in [5, 5.41) is 4.68. The van der Waals surface area contributed by atoms with Crippen molar-refractivity contribution in [3.05, 3.63) is 69.7 Å². The van der Waals surface area contributed by atoms with Crippen LogP contribution in [-0.2, 0) is 6.61 Å². The Labute approximate surface area is 159 Å². The number of hydrogen-bond acceptors (Lipinski definition) is 5. The topological polar surface area (TPSA) is 56.8 Å². The fourth-order valence-corrected chi connectivity index (χ4v) is 3.45. The van der Waals surface area contributed by atoms with Crippen LogP contribution in [0.25, 0.3) is 0 Å². The lowest BCUT2D eigenvalue weighted by Crippen LogP contribution is -2.11. The molecule has 1 aromatic heterocycles. The van der Waals surface area contributed by atoms with Crippen LogP contribution >= 0.6 is 11.3 Å². The number of aryl methyl sites for hydroxylation is 1. The number of amides is 1. The predicted molar refractivity (Wildman–Crippen MR) is 100 cm³/mol. The Balaban J connectivity index is 1.38. The maximum absolute atomic E-state index is 13.2. The van der Waals surface area contributed by atoms with Gasteiger partial charge in [0.1, 0.15) is 18.2 Å². The van der Waals surface area contributed by atoms with Gasteiger partial charge in [0.2, 0.25) is 6.79 Å². The number of carbonyl (C=O) groups is 1. The van der Waals surface area contributed by atoms with Crippen LogP contribution in [0.15, 0.2) is 47.8 Å². The first-order chi connectivity index (χ1) is 13.1. The van der Waals surface area contributed by atoms with E-state index < -0.39 is 0 Å². The van der Waals surface area contributed by atoms with Crippen LogP contribution < -0.4 is 19.5 Å². The number of carbonyl (C=O) groups excluding carboxylic acids is 1. The number of hydrogen-bond donors (Lipinski definition) is 1. The van der Waals surface area contributed by atoms with E-state index in [0.29, 0.717) is 40.0 Å². The van der Waals surface area contributed by atoms with Gasteiger partial charge in [0, 0.05) is 17.3 Å².